The lowest BCUT2D eigenvalue weighted by atomic mass is 9.80. The largest absolute Gasteiger partial charge is 0.369 e. The quantitative estimate of drug-likeness (QED) is 0.826. The van der Waals surface area contributed by atoms with E-state index >= 15 is 0 Å². The zero-order chi connectivity index (χ0) is 13.8. The monoisotopic (exact) mass is 288 g/mol. The van der Waals surface area contributed by atoms with Crippen LogP contribution in [0.1, 0.15) is 25.7 Å². The molecule has 0 radical (unpaired) electrons. The first-order valence-electron chi connectivity index (χ1n) is 7.52. The van der Waals surface area contributed by atoms with E-state index in [1.807, 2.05) is 6.20 Å². The SMILES string of the molecule is ClCC1CCCCC1CNc1nccc2ccccc12. The molecular formula is C17H21ClN2. The third kappa shape index (κ3) is 2.90. The van der Waals surface area contributed by atoms with Crippen LogP contribution in [0.3, 0.4) is 0 Å². The van der Waals surface area contributed by atoms with E-state index in [1.54, 1.807) is 0 Å². The van der Waals surface area contributed by atoms with Gasteiger partial charge in [0.2, 0.25) is 0 Å². The topological polar surface area (TPSA) is 24.9 Å². The van der Waals surface area contributed by atoms with Crippen molar-refractivity contribution in [1.29, 1.82) is 0 Å². The van der Waals surface area contributed by atoms with Crippen molar-refractivity contribution < 1.29 is 0 Å². The third-order valence-electron chi connectivity index (χ3n) is 4.47. The van der Waals surface area contributed by atoms with Crippen molar-refractivity contribution in [1.82, 2.24) is 4.98 Å². The standard InChI is InChI=1S/C17H21ClN2/c18-11-14-6-1-2-7-15(14)12-20-17-16-8-4-3-5-13(16)9-10-19-17/h3-5,8-10,14-15H,1-2,6-7,11-12H2,(H,19,20). The molecule has 1 aliphatic rings. The Morgan fingerprint density at radius 2 is 1.90 bits per heavy atom. The second-order valence-electron chi connectivity index (χ2n) is 5.72. The Kier molecular flexibility index (Phi) is 4.41. The average Bonchev–Trinajstić information content (AvgIpc) is 2.53. The summed E-state index contributed by atoms with van der Waals surface area (Å²) in [5, 5.41) is 5.99. The van der Waals surface area contributed by atoms with Gasteiger partial charge >= 0.3 is 0 Å². The Bertz CT molecular complexity index is 564. The van der Waals surface area contributed by atoms with Gasteiger partial charge in [0.15, 0.2) is 0 Å². The van der Waals surface area contributed by atoms with Gasteiger partial charge in [-0.15, -0.1) is 11.6 Å². The molecule has 2 unspecified atom stereocenters. The van der Waals surface area contributed by atoms with E-state index in [0.29, 0.717) is 11.8 Å². The first-order valence-corrected chi connectivity index (χ1v) is 8.05. The number of hydrogen-bond donors (Lipinski definition) is 1. The molecule has 20 heavy (non-hydrogen) atoms. The van der Waals surface area contributed by atoms with Crippen LogP contribution in [0.4, 0.5) is 5.82 Å². The highest BCUT2D eigenvalue weighted by Crippen LogP contribution is 2.31. The summed E-state index contributed by atoms with van der Waals surface area (Å²) in [4.78, 5) is 4.50. The lowest BCUT2D eigenvalue weighted by molar-refractivity contribution is 0.272. The van der Waals surface area contributed by atoms with Crippen LogP contribution >= 0.6 is 11.6 Å². The number of rotatable bonds is 4. The van der Waals surface area contributed by atoms with Crippen molar-refractivity contribution in [3.63, 3.8) is 0 Å². The highest BCUT2D eigenvalue weighted by molar-refractivity contribution is 6.18. The van der Waals surface area contributed by atoms with Crippen molar-refractivity contribution in [2.75, 3.05) is 17.7 Å². The maximum Gasteiger partial charge on any atom is 0.133 e. The zero-order valence-corrected chi connectivity index (χ0v) is 12.4. The molecule has 0 aliphatic heterocycles. The molecule has 0 amide bonds. The Morgan fingerprint density at radius 3 is 2.75 bits per heavy atom. The van der Waals surface area contributed by atoms with Gasteiger partial charge < -0.3 is 5.32 Å². The number of aromatic nitrogens is 1. The van der Waals surface area contributed by atoms with Gasteiger partial charge in [-0.05, 0) is 36.1 Å². The first kappa shape index (κ1) is 13.7. The molecule has 1 aromatic heterocycles. The van der Waals surface area contributed by atoms with Crippen LogP contribution in [-0.4, -0.2) is 17.4 Å². The van der Waals surface area contributed by atoms with Crippen LogP contribution in [0.2, 0.25) is 0 Å². The van der Waals surface area contributed by atoms with E-state index in [2.05, 4.69) is 40.6 Å². The number of fused-ring (bicyclic) bond motifs is 1. The fourth-order valence-corrected chi connectivity index (χ4v) is 3.65. The predicted molar refractivity (Wildman–Crippen MR) is 86.4 cm³/mol. The molecule has 0 bridgehead atoms. The maximum atomic E-state index is 6.11. The number of anilines is 1. The van der Waals surface area contributed by atoms with E-state index < -0.39 is 0 Å². The van der Waals surface area contributed by atoms with Crippen LogP contribution < -0.4 is 5.32 Å². The Morgan fingerprint density at radius 1 is 1.10 bits per heavy atom. The minimum atomic E-state index is 0.660. The van der Waals surface area contributed by atoms with Crippen LogP contribution in [0, 0.1) is 11.8 Å². The molecule has 1 aromatic carbocycles. The molecular weight excluding hydrogens is 268 g/mol. The molecule has 1 fully saturated rings. The Hall–Kier alpha value is -1.28. The van der Waals surface area contributed by atoms with Gasteiger partial charge in [0, 0.05) is 24.0 Å². The van der Waals surface area contributed by atoms with Crippen LogP contribution in [-0.2, 0) is 0 Å². The number of pyridine rings is 1. The predicted octanol–water partition coefficient (Wildman–Crippen LogP) is 4.69. The number of alkyl halides is 1. The smallest absolute Gasteiger partial charge is 0.133 e. The fourth-order valence-electron chi connectivity index (χ4n) is 3.24. The van der Waals surface area contributed by atoms with Crippen molar-refractivity contribution in [2.45, 2.75) is 25.7 Å². The summed E-state index contributed by atoms with van der Waals surface area (Å²) < 4.78 is 0. The number of hydrogen-bond acceptors (Lipinski definition) is 2. The van der Waals surface area contributed by atoms with Gasteiger partial charge in [-0.3, -0.25) is 0 Å². The first-order chi connectivity index (χ1) is 9.88. The van der Waals surface area contributed by atoms with Gasteiger partial charge in [0.05, 0.1) is 0 Å². The average molecular weight is 289 g/mol. The van der Waals surface area contributed by atoms with Gasteiger partial charge in [-0.1, -0.05) is 37.1 Å². The molecule has 3 heteroatoms. The molecule has 1 aliphatic carbocycles. The minimum Gasteiger partial charge on any atom is -0.369 e. The molecule has 2 aromatic rings. The normalized spacial score (nSPS) is 22.9. The van der Waals surface area contributed by atoms with Crippen molar-refractivity contribution in [3.05, 3.63) is 36.5 Å². The number of halogens is 1. The molecule has 0 saturated heterocycles. The lowest BCUT2D eigenvalue weighted by Gasteiger charge is -2.30. The summed E-state index contributed by atoms with van der Waals surface area (Å²) in [6, 6.07) is 10.5. The van der Waals surface area contributed by atoms with E-state index in [1.165, 1.54) is 36.5 Å². The maximum absolute atomic E-state index is 6.11. The molecule has 2 atom stereocenters. The van der Waals surface area contributed by atoms with Crippen molar-refractivity contribution >= 4 is 28.2 Å². The summed E-state index contributed by atoms with van der Waals surface area (Å²) in [6.07, 6.45) is 7.11. The highest BCUT2D eigenvalue weighted by Gasteiger charge is 2.24. The van der Waals surface area contributed by atoms with Gasteiger partial charge in [0.1, 0.15) is 5.82 Å². The molecule has 0 spiro atoms. The third-order valence-corrected chi connectivity index (χ3v) is 4.87. The van der Waals surface area contributed by atoms with Crippen LogP contribution in [0.5, 0.6) is 0 Å². The number of benzene rings is 1. The van der Waals surface area contributed by atoms with E-state index in [4.69, 9.17) is 11.6 Å². The summed E-state index contributed by atoms with van der Waals surface area (Å²) in [7, 11) is 0. The number of nitrogens with zero attached hydrogens (tertiary/aromatic N) is 1. The Balaban J connectivity index is 1.73. The van der Waals surface area contributed by atoms with Gasteiger partial charge in [-0.25, -0.2) is 4.98 Å². The van der Waals surface area contributed by atoms with Crippen LogP contribution in [0.25, 0.3) is 10.8 Å². The molecule has 2 nitrogen and oxygen atoms in total. The van der Waals surface area contributed by atoms with E-state index in [0.717, 1.165) is 18.2 Å². The van der Waals surface area contributed by atoms with E-state index in [-0.39, 0.29) is 0 Å². The molecule has 1 heterocycles. The summed E-state index contributed by atoms with van der Waals surface area (Å²) in [5.74, 6) is 3.13. The lowest BCUT2D eigenvalue weighted by Crippen LogP contribution is -2.27. The molecule has 3 rings (SSSR count). The molecule has 1 N–H and O–H groups in total. The molecule has 1 saturated carbocycles. The summed E-state index contributed by atoms with van der Waals surface area (Å²) in [6.45, 7) is 0.985. The minimum absolute atomic E-state index is 0.660. The zero-order valence-electron chi connectivity index (χ0n) is 11.7. The Labute approximate surface area is 125 Å². The van der Waals surface area contributed by atoms with Crippen molar-refractivity contribution in [2.24, 2.45) is 11.8 Å². The fraction of sp³-hybridized carbons (Fsp3) is 0.471. The van der Waals surface area contributed by atoms with Gasteiger partial charge in [-0.2, -0.15) is 0 Å². The van der Waals surface area contributed by atoms with E-state index in [9.17, 15) is 0 Å². The second-order valence-corrected chi connectivity index (χ2v) is 6.03. The highest BCUT2D eigenvalue weighted by atomic mass is 35.5. The van der Waals surface area contributed by atoms with Crippen LogP contribution in [0.15, 0.2) is 36.5 Å². The molecule has 106 valence electrons. The van der Waals surface area contributed by atoms with Crippen molar-refractivity contribution in [3.8, 4) is 0 Å². The number of nitrogens with one attached hydrogen (secondary N) is 1. The summed E-state index contributed by atoms with van der Waals surface area (Å²) in [5.41, 5.74) is 0. The van der Waals surface area contributed by atoms with Gasteiger partial charge in [0.25, 0.3) is 0 Å². The second kappa shape index (κ2) is 6.45. The summed E-state index contributed by atoms with van der Waals surface area (Å²) >= 11 is 6.11.